The topological polar surface area (TPSA) is 46.3 Å². The lowest BCUT2D eigenvalue weighted by Gasteiger charge is -2.55. The monoisotopic (exact) mass is 298 g/mol. The molecule has 22 heavy (non-hydrogen) atoms. The van der Waals surface area contributed by atoms with Crippen LogP contribution in [0.3, 0.4) is 0 Å². The zero-order valence-electron chi connectivity index (χ0n) is 13.6. The number of likely N-dealkylation sites (tertiary alicyclic amines) is 1. The van der Waals surface area contributed by atoms with Gasteiger partial charge >= 0.3 is 0 Å². The average Bonchev–Trinajstić information content (AvgIpc) is 3.29. The summed E-state index contributed by atoms with van der Waals surface area (Å²) in [6.07, 6.45) is 5.16. The van der Waals surface area contributed by atoms with E-state index in [1.54, 1.807) is 0 Å². The normalized spacial score (nSPS) is 34.3. The second kappa shape index (κ2) is 4.82. The largest absolute Gasteiger partial charge is 0.366 e. The van der Waals surface area contributed by atoms with E-state index in [4.69, 9.17) is 5.73 Å². The highest BCUT2D eigenvalue weighted by Crippen LogP contribution is 2.49. The minimum Gasteiger partial charge on any atom is -0.366 e. The number of hydrogen-bond donors (Lipinski definition) is 1. The molecule has 4 rings (SSSR count). The Labute approximate surface area is 132 Å². The summed E-state index contributed by atoms with van der Waals surface area (Å²) in [5, 5.41) is 0. The van der Waals surface area contributed by atoms with Gasteiger partial charge in [-0.25, -0.2) is 0 Å². The molecule has 2 unspecified atom stereocenters. The van der Waals surface area contributed by atoms with Crippen LogP contribution < -0.4 is 5.73 Å². The van der Waals surface area contributed by atoms with Gasteiger partial charge in [0.15, 0.2) is 0 Å². The van der Waals surface area contributed by atoms with Crippen molar-refractivity contribution in [2.24, 2.45) is 17.6 Å². The van der Waals surface area contributed by atoms with Crippen LogP contribution in [0.4, 0.5) is 0 Å². The molecule has 1 aliphatic heterocycles. The van der Waals surface area contributed by atoms with Crippen LogP contribution in [-0.4, -0.2) is 29.9 Å². The number of benzene rings is 1. The fraction of sp³-hybridized carbons (Fsp3) is 0.632. The van der Waals surface area contributed by atoms with E-state index in [1.807, 2.05) is 6.07 Å². The third-order valence-corrected chi connectivity index (χ3v) is 6.60. The van der Waals surface area contributed by atoms with Crippen molar-refractivity contribution in [2.45, 2.75) is 51.0 Å². The van der Waals surface area contributed by atoms with E-state index in [9.17, 15) is 4.79 Å². The van der Waals surface area contributed by atoms with E-state index in [-0.39, 0.29) is 11.3 Å². The van der Waals surface area contributed by atoms with E-state index in [2.05, 4.69) is 30.9 Å². The van der Waals surface area contributed by atoms with Crippen molar-refractivity contribution in [3.63, 3.8) is 0 Å². The van der Waals surface area contributed by atoms with Crippen LogP contribution in [0.2, 0.25) is 0 Å². The van der Waals surface area contributed by atoms with Crippen molar-refractivity contribution in [3.05, 3.63) is 34.9 Å². The molecule has 3 heteroatoms. The van der Waals surface area contributed by atoms with Crippen LogP contribution in [0.15, 0.2) is 18.2 Å². The molecule has 2 bridgehead atoms. The van der Waals surface area contributed by atoms with Crippen LogP contribution in [0.5, 0.6) is 0 Å². The molecular formula is C19H26N2O. The molecule has 118 valence electrons. The quantitative estimate of drug-likeness (QED) is 0.932. The number of carbonyl (C=O) groups is 1. The molecule has 0 aromatic heterocycles. The predicted molar refractivity (Wildman–Crippen MR) is 87.9 cm³/mol. The highest BCUT2D eigenvalue weighted by atomic mass is 16.1. The van der Waals surface area contributed by atoms with Gasteiger partial charge in [-0.3, -0.25) is 9.69 Å². The Kier molecular flexibility index (Phi) is 3.12. The highest BCUT2D eigenvalue weighted by molar-refractivity contribution is 5.93. The summed E-state index contributed by atoms with van der Waals surface area (Å²) in [6, 6.07) is 6.78. The summed E-state index contributed by atoms with van der Waals surface area (Å²) in [7, 11) is 0. The van der Waals surface area contributed by atoms with Gasteiger partial charge in [0.25, 0.3) is 0 Å². The molecule has 0 radical (unpaired) electrons. The molecule has 2 aliphatic carbocycles. The molecule has 2 fully saturated rings. The summed E-state index contributed by atoms with van der Waals surface area (Å²) in [5.41, 5.74) is 9.13. The minimum atomic E-state index is -0.313. The first-order chi connectivity index (χ1) is 10.5. The molecule has 3 nitrogen and oxygen atoms in total. The Balaban J connectivity index is 1.72. The standard InChI is InChI=1S/C19H26N2O/c1-12-17-10-14-5-6-15(18(20)22)9-16(14)19(12,2)7-8-21(17)11-13-3-4-13/h5-6,9,12-13,17H,3-4,7-8,10-11H2,1-2H3,(H2,20,22)/t12-,17?,19?/m0/s1. The minimum absolute atomic E-state index is 0.184. The number of nitrogens with zero attached hydrogens (tertiary/aromatic N) is 1. The molecule has 1 aromatic rings. The lowest BCUT2D eigenvalue weighted by Crippen LogP contribution is -2.58. The fourth-order valence-corrected chi connectivity index (χ4v) is 4.72. The van der Waals surface area contributed by atoms with Crippen molar-refractivity contribution in [1.82, 2.24) is 4.90 Å². The molecule has 1 saturated carbocycles. The van der Waals surface area contributed by atoms with E-state index < -0.39 is 0 Å². The van der Waals surface area contributed by atoms with Crippen LogP contribution in [0.25, 0.3) is 0 Å². The van der Waals surface area contributed by atoms with Gasteiger partial charge < -0.3 is 5.73 Å². The Morgan fingerprint density at radius 2 is 2.18 bits per heavy atom. The number of piperidine rings is 1. The maximum Gasteiger partial charge on any atom is 0.248 e. The molecule has 3 aliphatic rings. The molecular weight excluding hydrogens is 272 g/mol. The zero-order valence-corrected chi connectivity index (χ0v) is 13.6. The van der Waals surface area contributed by atoms with Gasteiger partial charge in [-0.05, 0) is 72.7 Å². The van der Waals surface area contributed by atoms with Crippen LogP contribution in [-0.2, 0) is 11.8 Å². The van der Waals surface area contributed by atoms with Crippen LogP contribution in [0.1, 0.15) is 54.6 Å². The fourth-order valence-electron chi connectivity index (χ4n) is 4.72. The van der Waals surface area contributed by atoms with E-state index in [1.165, 1.54) is 43.5 Å². The summed E-state index contributed by atoms with van der Waals surface area (Å²) in [4.78, 5) is 14.3. The van der Waals surface area contributed by atoms with E-state index in [0.717, 1.165) is 12.3 Å². The number of nitrogens with two attached hydrogens (primary N) is 1. The smallest absolute Gasteiger partial charge is 0.248 e. The van der Waals surface area contributed by atoms with Gasteiger partial charge in [-0.15, -0.1) is 0 Å². The van der Waals surface area contributed by atoms with Crippen molar-refractivity contribution < 1.29 is 4.79 Å². The molecule has 1 heterocycles. The number of hydrogen-bond acceptors (Lipinski definition) is 2. The Morgan fingerprint density at radius 1 is 1.41 bits per heavy atom. The van der Waals surface area contributed by atoms with E-state index >= 15 is 0 Å². The first-order valence-electron chi connectivity index (χ1n) is 8.66. The molecule has 0 spiro atoms. The van der Waals surface area contributed by atoms with Gasteiger partial charge in [-0.1, -0.05) is 19.9 Å². The van der Waals surface area contributed by atoms with E-state index in [0.29, 0.717) is 17.5 Å². The Hall–Kier alpha value is -1.35. The van der Waals surface area contributed by atoms with Crippen molar-refractivity contribution in [3.8, 4) is 0 Å². The van der Waals surface area contributed by atoms with Gasteiger partial charge in [0.2, 0.25) is 5.91 Å². The second-order valence-corrected chi connectivity index (χ2v) is 7.90. The van der Waals surface area contributed by atoms with Crippen molar-refractivity contribution in [1.29, 1.82) is 0 Å². The number of amides is 1. The van der Waals surface area contributed by atoms with Crippen LogP contribution in [0, 0.1) is 11.8 Å². The predicted octanol–water partition coefficient (Wildman–Crippen LogP) is 2.72. The number of carbonyl (C=O) groups excluding carboxylic acids is 1. The van der Waals surface area contributed by atoms with Gasteiger partial charge in [0, 0.05) is 18.2 Å². The van der Waals surface area contributed by atoms with Gasteiger partial charge in [0.05, 0.1) is 0 Å². The molecule has 1 amide bonds. The summed E-state index contributed by atoms with van der Waals surface area (Å²) < 4.78 is 0. The van der Waals surface area contributed by atoms with Gasteiger partial charge in [0.1, 0.15) is 0 Å². The number of primary amides is 1. The number of fused-ring (bicyclic) bond motifs is 4. The lowest BCUT2D eigenvalue weighted by molar-refractivity contribution is 0.0284. The second-order valence-electron chi connectivity index (χ2n) is 7.90. The maximum atomic E-state index is 11.5. The molecule has 1 aromatic carbocycles. The average molecular weight is 298 g/mol. The number of rotatable bonds is 3. The third kappa shape index (κ3) is 2.10. The Bertz CT molecular complexity index is 622. The molecule has 3 atom stereocenters. The summed E-state index contributed by atoms with van der Waals surface area (Å²) >= 11 is 0. The van der Waals surface area contributed by atoms with Crippen LogP contribution >= 0.6 is 0 Å². The summed E-state index contributed by atoms with van der Waals surface area (Å²) in [5.74, 6) is 1.28. The lowest BCUT2D eigenvalue weighted by atomic mass is 9.59. The van der Waals surface area contributed by atoms with Crippen molar-refractivity contribution in [2.75, 3.05) is 13.1 Å². The Morgan fingerprint density at radius 3 is 2.86 bits per heavy atom. The summed E-state index contributed by atoms with van der Waals surface area (Å²) in [6.45, 7) is 7.29. The molecule has 2 N–H and O–H groups in total. The molecule has 1 saturated heterocycles. The highest BCUT2D eigenvalue weighted by Gasteiger charge is 2.49. The van der Waals surface area contributed by atoms with Crippen molar-refractivity contribution >= 4 is 5.91 Å². The first-order valence-corrected chi connectivity index (χ1v) is 8.66. The zero-order chi connectivity index (χ0) is 15.5. The van der Waals surface area contributed by atoms with Gasteiger partial charge in [-0.2, -0.15) is 0 Å². The SMILES string of the molecule is C[C@H]1C2Cc3ccc(C(N)=O)cc3C1(C)CCN2CC1CC1. The maximum absolute atomic E-state index is 11.5. The first kappa shape index (κ1) is 14.3. The third-order valence-electron chi connectivity index (χ3n) is 6.60.